The van der Waals surface area contributed by atoms with Gasteiger partial charge in [0.2, 0.25) is 0 Å². The number of anilines is 1. The fourth-order valence-corrected chi connectivity index (χ4v) is 5.41. The average Bonchev–Trinajstić information content (AvgIpc) is 2.86. The number of aromatic nitrogens is 2. The van der Waals surface area contributed by atoms with Gasteiger partial charge in [-0.1, -0.05) is 6.42 Å². The highest BCUT2D eigenvalue weighted by Gasteiger charge is 2.48. The third kappa shape index (κ3) is 7.19. The van der Waals surface area contributed by atoms with Crippen LogP contribution in [-0.2, 0) is 36.3 Å². The van der Waals surface area contributed by atoms with Crippen molar-refractivity contribution in [1.29, 1.82) is 0 Å². The van der Waals surface area contributed by atoms with Gasteiger partial charge in [-0.2, -0.15) is 13.6 Å². The molecule has 1 aliphatic heterocycles. The van der Waals surface area contributed by atoms with Gasteiger partial charge in [-0.25, -0.2) is 18.5 Å². The molecule has 1 aromatic heterocycles. The lowest BCUT2D eigenvalue weighted by Crippen LogP contribution is -2.37. The van der Waals surface area contributed by atoms with E-state index in [1.165, 1.54) is 6.07 Å². The second kappa shape index (κ2) is 9.47. The van der Waals surface area contributed by atoms with Crippen LogP contribution in [0.2, 0.25) is 0 Å². The quantitative estimate of drug-likeness (QED) is 0.162. The third-order valence-electron chi connectivity index (χ3n) is 3.46. The third-order valence-corrected chi connectivity index (χ3v) is 7.26. The summed E-state index contributed by atoms with van der Waals surface area (Å²) in [6.45, 7) is -0.997. The Hall–Kier alpha value is -1.63. The van der Waals surface area contributed by atoms with Crippen LogP contribution in [0.5, 0.6) is 0 Å². The van der Waals surface area contributed by atoms with Crippen LogP contribution in [-0.4, -0.2) is 59.2 Å². The molecule has 17 nitrogen and oxygen atoms in total. The Morgan fingerprint density at radius 1 is 1.23 bits per heavy atom. The molecule has 0 saturated carbocycles. The van der Waals surface area contributed by atoms with E-state index in [1.807, 2.05) is 0 Å². The second-order valence-corrected chi connectivity index (χ2v) is 10.1. The Bertz CT molecular complexity index is 1050. The molecule has 1 fully saturated rings. The zero-order valence-electron chi connectivity index (χ0n) is 15.0. The number of rotatable bonds is 9. The first-order chi connectivity index (χ1) is 14.1. The van der Waals surface area contributed by atoms with Crippen molar-refractivity contribution in [2.24, 2.45) is 0 Å². The lowest BCUT2D eigenvalue weighted by Gasteiger charge is -2.19. The smallest absolute Gasteiger partial charge is 0.436 e. The molecule has 2 unspecified atom stereocenters. The molecule has 1 saturated heterocycles. The molecule has 0 aliphatic carbocycles. The number of phosphoric ester groups is 1. The summed E-state index contributed by atoms with van der Waals surface area (Å²) in [5.74, 6) is -0.113. The van der Waals surface area contributed by atoms with Crippen LogP contribution in [0.4, 0.5) is 5.82 Å². The number of hydrogen-bond donors (Lipinski definition) is 6. The van der Waals surface area contributed by atoms with Crippen molar-refractivity contribution in [3.8, 4) is 12.5 Å². The van der Waals surface area contributed by atoms with Gasteiger partial charge in [0.25, 0.3) is 0 Å². The van der Waals surface area contributed by atoms with Gasteiger partial charge in [-0.05, 0) is 6.07 Å². The van der Waals surface area contributed by atoms with Crippen LogP contribution in [0.15, 0.2) is 17.1 Å². The van der Waals surface area contributed by atoms with E-state index in [0.717, 1.165) is 10.8 Å². The fraction of sp³-hybridized carbons (Fsp3) is 0.455. The molecule has 174 valence electrons. The Kier molecular flexibility index (Phi) is 7.83. The van der Waals surface area contributed by atoms with Crippen molar-refractivity contribution in [2.75, 3.05) is 12.3 Å². The molecule has 2 heterocycles. The topological polar surface area (TPSA) is 259 Å². The average molecular weight is 507 g/mol. The first kappa shape index (κ1) is 25.6. The molecule has 0 radical (unpaired) electrons. The summed E-state index contributed by atoms with van der Waals surface area (Å²) in [5.41, 5.74) is 4.48. The van der Waals surface area contributed by atoms with Gasteiger partial charge in [-0.3, -0.25) is 9.09 Å². The lowest BCUT2D eigenvalue weighted by atomic mass is 10.1. The van der Waals surface area contributed by atoms with Crippen LogP contribution in [0.3, 0.4) is 0 Å². The molecular weight excluding hydrogens is 491 g/mol. The van der Waals surface area contributed by atoms with E-state index < -0.39 is 60.3 Å². The number of terminal acetylenes is 1. The van der Waals surface area contributed by atoms with E-state index >= 15 is 0 Å². The number of phosphoric acid groups is 3. The van der Waals surface area contributed by atoms with E-state index in [4.69, 9.17) is 36.3 Å². The maximum absolute atomic E-state index is 12.0. The van der Waals surface area contributed by atoms with Gasteiger partial charge in [0.1, 0.15) is 24.1 Å². The number of ether oxygens (including phenoxy) is 2. The monoisotopic (exact) mass is 507 g/mol. The van der Waals surface area contributed by atoms with Gasteiger partial charge in [0.05, 0.1) is 6.61 Å². The number of nitrogens with zero attached hydrogens (tertiary/aromatic N) is 2. The maximum Gasteiger partial charge on any atom is 0.490 e. The lowest BCUT2D eigenvalue weighted by molar-refractivity contribution is -0.0540. The van der Waals surface area contributed by atoms with Crippen LogP contribution in [0, 0.1) is 12.5 Å². The molecule has 0 spiro atoms. The molecule has 0 bridgehead atoms. The van der Waals surface area contributed by atoms with Crippen molar-refractivity contribution < 1.29 is 61.0 Å². The van der Waals surface area contributed by atoms with E-state index in [-0.39, 0.29) is 5.82 Å². The van der Waals surface area contributed by atoms with E-state index in [0.29, 0.717) is 0 Å². The Balaban J connectivity index is 2.13. The fourth-order valence-electron chi connectivity index (χ4n) is 2.38. The summed E-state index contributed by atoms with van der Waals surface area (Å²) in [6.07, 6.45) is 2.05. The van der Waals surface area contributed by atoms with Gasteiger partial charge < -0.3 is 39.9 Å². The van der Waals surface area contributed by atoms with Crippen molar-refractivity contribution in [3.63, 3.8) is 0 Å². The standard InChI is InChI=1S/C11H16N3O14P3/c1-2-24-9-8(15)6(26-10(9)14-4-3-7(12)13-11(14)16)5-25-30(20,21)28-31(22,23)27-29(17,18)19/h1,3-4,6,8-10,15H,5H2,(H,20,21)(H,22,23)(H2,12,13,16)(H2,17,18,19)/t6-,8+,9-,10-/m1/s1. The zero-order chi connectivity index (χ0) is 23.6. The molecule has 2 rings (SSSR count). The maximum atomic E-state index is 12.0. The normalized spacial score (nSPS) is 27.7. The summed E-state index contributed by atoms with van der Waals surface area (Å²) >= 11 is 0. The highest BCUT2D eigenvalue weighted by Crippen LogP contribution is 2.66. The number of aliphatic hydroxyl groups excluding tert-OH is 1. The number of nitrogens with two attached hydrogens (primary N) is 1. The summed E-state index contributed by atoms with van der Waals surface area (Å²) < 4.78 is 56.3. The first-order valence-electron chi connectivity index (χ1n) is 7.72. The minimum Gasteiger partial charge on any atom is -0.436 e. The van der Waals surface area contributed by atoms with Crippen molar-refractivity contribution in [2.45, 2.75) is 24.5 Å². The zero-order valence-corrected chi connectivity index (χ0v) is 17.7. The Labute approximate surface area is 172 Å². The molecule has 1 aliphatic rings. The molecule has 0 aromatic carbocycles. The van der Waals surface area contributed by atoms with Gasteiger partial charge >= 0.3 is 29.2 Å². The summed E-state index contributed by atoms with van der Waals surface area (Å²) in [7, 11) is -16.8. The van der Waals surface area contributed by atoms with E-state index in [9.17, 15) is 28.5 Å². The molecule has 6 atom stereocenters. The predicted molar refractivity (Wildman–Crippen MR) is 96.3 cm³/mol. The summed E-state index contributed by atoms with van der Waals surface area (Å²) in [4.78, 5) is 51.0. The Morgan fingerprint density at radius 2 is 1.87 bits per heavy atom. The van der Waals surface area contributed by atoms with Crippen LogP contribution >= 0.6 is 23.5 Å². The van der Waals surface area contributed by atoms with Crippen molar-refractivity contribution >= 4 is 29.3 Å². The minimum atomic E-state index is -5.73. The molecule has 0 amide bonds. The second-order valence-electron chi connectivity index (χ2n) is 5.69. The van der Waals surface area contributed by atoms with Crippen LogP contribution in [0.1, 0.15) is 6.23 Å². The van der Waals surface area contributed by atoms with Crippen LogP contribution in [0.25, 0.3) is 0 Å². The highest BCUT2D eigenvalue weighted by molar-refractivity contribution is 7.66. The predicted octanol–water partition coefficient (Wildman–Crippen LogP) is -1.60. The largest absolute Gasteiger partial charge is 0.490 e. The van der Waals surface area contributed by atoms with Gasteiger partial charge in [0, 0.05) is 6.20 Å². The summed E-state index contributed by atoms with van der Waals surface area (Å²) in [5, 5.41) is 10.3. The van der Waals surface area contributed by atoms with E-state index in [2.05, 4.69) is 18.1 Å². The molecule has 31 heavy (non-hydrogen) atoms. The number of nitrogen functional groups attached to an aromatic ring is 1. The van der Waals surface area contributed by atoms with Crippen LogP contribution < -0.4 is 11.4 Å². The molecule has 7 N–H and O–H groups in total. The van der Waals surface area contributed by atoms with Gasteiger partial charge in [-0.15, -0.1) is 0 Å². The van der Waals surface area contributed by atoms with E-state index in [1.54, 1.807) is 6.11 Å². The molecule has 1 aromatic rings. The summed E-state index contributed by atoms with van der Waals surface area (Å²) in [6, 6.07) is 1.23. The first-order valence-corrected chi connectivity index (χ1v) is 12.2. The van der Waals surface area contributed by atoms with Crippen molar-refractivity contribution in [3.05, 3.63) is 22.7 Å². The SMILES string of the molecule is C#CO[C@@H]1[C@@H](O)[C@@H](COP(=O)(O)OP(=O)(O)OP(=O)(O)O)O[C@H]1n1ccc(N)nc1=O. The van der Waals surface area contributed by atoms with Gasteiger partial charge in [0.15, 0.2) is 12.3 Å². The Morgan fingerprint density at radius 3 is 2.42 bits per heavy atom. The minimum absolute atomic E-state index is 0.113. The molecular formula is C11H16N3O14P3. The number of aliphatic hydroxyl groups is 1. The van der Waals surface area contributed by atoms with Crippen molar-refractivity contribution in [1.82, 2.24) is 9.55 Å². The molecule has 20 heteroatoms. The number of hydrogen-bond acceptors (Lipinski definition) is 12. The highest BCUT2D eigenvalue weighted by atomic mass is 31.3.